The van der Waals surface area contributed by atoms with Crippen molar-refractivity contribution in [3.63, 3.8) is 0 Å². The second-order valence-corrected chi connectivity index (χ2v) is 4.97. The van der Waals surface area contributed by atoms with Crippen molar-refractivity contribution in [3.8, 4) is 0 Å². The number of carbonyl (C=O) groups is 2. The Bertz CT molecular complexity index is 495. The van der Waals surface area contributed by atoms with Crippen LogP contribution in [0.1, 0.15) is 6.92 Å². The monoisotopic (exact) mass is 318 g/mol. The number of anilines is 1. The van der Waals surface area contributed by atoms with Crippen LogP contribution in [0, 0.1) is 0 Å². The van der Waals surface area contributed by atoms with Crippen LogP contribution in [0.2, 0.25) is 10.0 Å². The van der Waals surface area contributed by atoms with E-state index in [1.54, 1.807) is 37.1 Å². The van der Waals surface area contributed by atoms with Gasteiger partial charge in [0.1, 0.15) is 0 Å². The van der Waals surface area contributed by atoms with Crippen molar-refractivity contribution in [2.45, 2.75) is 6.92 Å². The lowest BCUT2D eigenvalue weighted by Crippen LogP contribution is -2.34. The maximum absolute atomic E-state index is 11.8. The quantitative estimate of drug-likeness (QED) is 0.818. The third-order valence-corrected chi connectivity index (χ3v) is 3.06. The number of hydrogen-bond acceptors (Lipinski definition) is 4. The number of likely N-dealkylation sites (N-methyl/N-ethyl adjacent to an activating group) is 1. The number of halogens is 2. The van der Waals surface area contributed by atoms with Crippen molar-refractivity contribution < 1.29 is 14.3 Å². The molecule has 0 aliphatic carbocycles. The molecule has 0 fully saturated rings. The summed E-state index contributed by atoms with van der Waals surface area (Å²) in [6, 6.07) is 4.81. The van der Waals surface area contributed by atoms with Crippen molar-refractivity contribution in [2.75, 3.05) is 32.1 Å². The summed E-state index contributed by atoms with van der Waals surface area (Å²) in [5, 5.41) is 3.46. The number of ether oxygens (including phenoxy) is 1. The summed E-state index contributed by atoms with van der Waals surface area (Å²) < 4.78 is 4.80. The Balaban J connectivity index is 2.46. The van der Waals surface area contributed by atoms with Crippen LogP contribution in [0.4, 0.5) is 5.69 Å². The van der Waals surface area contributed by atoms with Gasteiger partial charge >= 0.3 is 5.97 Å². The van der Waals surface area contributed by atoms with Crippen LogP contribution >= 0.6 is 23.2 Å². The van der Waals surface area contributed by atoms with Crippen LogP contribution in [0.5, 0.6) is 0 Å². The number of benzene rings is 1. The molecule has 1 aromatic rings. The zero-order chi connectivity index (χ0) is 15.1. The minimum atomic E-state index is -0.364. The van der Waals surface area contributed by atoms with Crippen molar-refractivity contribution >= 4 is 40.8 Å². The van der Waals surface area contributed by atoms with Crippen LogP contribution in [0.15, 0.2) is 18.2 Å². The average Bonchev–Trinajstić information content (AvgIpc) is 2.33. The third kappa shape index (κ3) is 5.77. The predicted octanol–water partition coefficient (Wildman–Crippen LogP) is 2.43. The summed E-state index contributed by atoms with van der Waals surface area (Å²) in [6.07, 6.45) is 0. The SMILES string of the molecule is CCOC(=O)CN(C)CC(=O)Nc1ccc(Cl)c(Cl)c1. The molecule has 1 N–H and O–H groups in total. The van der Waals surface area contributed by atoms with Crippen LogP contribution in [0.3, 0.4) is 0 Å². The number of esters is 1. The molecule has 1 aromatic carbocycles. The molecule has 7 heteroatoms. The van der Waals surface area contributed by atoms with E-state index in [1.807, 2.05) is 0 Å². The highest BCUT2D eigenvalue weighted by Crippen LogP contribution is 2.24. The lowest BCUT2D eigenvalue weighted by Gasteiger charge is -2.15. The van der Waals surface area contributed by atoms with E-state index in [0.29, 0.717) is 22.3 Å². The molecule has 1 amide bonds. The maximum Gasteiger partial charge on any atom is 0.320 e. The van der Waals surface area contributed by atoms with E-state index in [9.17, 15) is 9.59 Å². The zero-order valence-corrected chi connectivity index (χ0v) is 12.8. The van der Waals surface area contributed by atoms with E-state index in [0.717, 1.165) is 0 Å². The van der Waals surface area contributed by atoms with Gasteiger partial charge in [0.2, 0.25) is 5.91 Å². The fourth-order valence-corrected chi connectivity index (χ4v) is 1.80. The van der Waals surface area contributed by atoms with Gasteiger partial charge in [0.15, 0.2) is 0 Å². The molecule has 0 saturated carbocycles. The molecule has 20 heavy (non-hydrogen) atoms. The second kappa shape index (κ2) is 8.09. The van der Waals surface area contributed by atoms with E-state index in [4.69, 9.17) is 27.9 Å². The van der Waals surface area contributed by atoms with Gasteiger partial charge in [-0.15, -0.1) is 0 Å². The Labute approximate surface area is 127 Å². The molecule has 0 aliphatic rings. The molecule has 110 valence electrons. The molecule has 0 aromatic heterocycles. The first-order valence-electron chi connectivity index (χ1n) is 6.01. The highest BCUT2D eigenvalue weighted by molar-refractivity contribution is 6.42. The van der Waals surface area contributed by atoms with Gasteiger partial charge in [-0.2, -0.15) is 0 Å². The van der Waals surface area contributed by atoms with Gasteiger partial charge in [-0.3, -0.25) is 14.5 Å². The van der Waals surface area contributed by atoms with Gasteiger partial charge in [0.05, 0.1) is 29.7 Å². The number of nitrogens with zero attached hydrogens (tertiary/aromatic N) is 1. The molecule has 0 atom stereocenters. The largest absolute Gasteiger partial charge is 0.465 e. The highest BCUT2D eigenvalue weighted by Gasteiger charge is 2.11. The molecule has 0 unspecified atom stereocenters. The molecule has 0 aliphatic heterocycles. The molecule has 0 radical (unpaired) electrons. The topological polar surface area (TPSA) is 58.6 Å². The van der Waals surface area contributed by atoms with E-state index >= 15 is 0 Å². The molecular formula is C13H16Cl2N2O3. The normalized spacial score (nSPS) is 10.4. The lowest BCUT2D eigenvalue weighted by molar-refractivity contribution is -0.144. The predicted molar refractivity (Wildman–Crippen MR) is 79.2 cm³/mol. The van der Waals surface area contributed by atoms with Gasteiger partial charge in [-0.1, -0.05) is 23.2 Å². The van der Waals surface area contributed by atoms with E-state index in [2.05, 4.69) is 5.32 Å². The Morgan fingerprint density at radius 3 is 2.55 bits per heavy atom. The molecule has 0 heterocycles. The van der Waals surface area contributed by atoms with Crippen molar-refractivity contribution in [1.29, 1.82) is 0 Å². The molecule has 0 bridgehead atoms. The first-order valence-corrected chi connectivity index (χ1v) is 6.77. The molecular weight excluding hydrogens is 303 g/mol. The van der Waals surface area contributed by atoms with Crippen LogP contribution in [0.25, 0.3) is 0 Å². The summed E-state index contributed by atoms with van der Waals surface area (Å²) in [5.41, 5.74) is 0.550. The average molecular weight is 319 g/mol. The van der Waals surface area contributed by atoms with Gasteiger partial charge in [0.25, 0.3) is 0 Å². The Hall–Kier alpha value is -1.30. The minimum Gasteiger partial charge on any atom is -0.465 e. The Kier molecular flexibility index (Phi) is 6.78. The van der Waals surface area contributed by atoms with E-state index in [1.165, 1.54) is 0 Å². The summed E-state index contributed by atoms with van der Waals surface area (Å²) in [4.78, 5) is 24.6. The van der Waals surface area contributed by atoms with E-state index < -0.39 is 0 Å². The summed E-state index contributed by atoms with van der Waals surface area (Å²) in [5.74, 6) is -0.618. The number of rotatable bonds is 6. The molecule has 1 rings (SSSR count). The van der Waals surface area contributed by atoms with Crippen molar-refractivity contribution in [1.82, 2.24) is 4.90 Å². The fourth-order valence-electron chi connectivity index (χ4n) is 1.50. The smallest absolute Gasteiger partial charge is 0.320 e. The molecule has 5 nitrogen and oxygen atoms in total. The number of nitrogens with one attached hydrogen (secondary N) is 1. The molecule has 0 spiro atoms. The Morgan fingerprint density at radius 2 is 1.95 bits per heavy atom. The Morgan fingerprint density at radius 1 is 1.25 bits per heavy atom. The zero-order valence-electron chi connectivity index (χ0n) is 11.3. The summed E-state index contributed by atoms with van der Waals surface area (Å²) in [7, 11) is 1.66. The highest BCUT2D eigenvalue weighted by atomic mass is 35.5. The number of amides is 1. The van der Waals surface area contributed by atoms with Crippen molar-refractivity contribution in [3.05, 3.63) is 28.2 Å². The summed E-state index contributed by atoms with van der Waals surface area (Å²) in [6.45, 7) is 2.18. The standard InChI is InChI=1S/C13H16Cl2N2O3/c1-3-20-13(19)8-17(2)7-12(18)16-9-4-5-10(14)11(15)6-9/h4-6H,3,7-8H2,1-2H3,(H,16,18). The lowest BCUT2D eigenvalue weighted by atomic mass is 10.3. The fraction of sp³-hybridized carbons (Fsp3) is 0.385. The number of carbonyl (C=O) groups excluding carboxylic acids is 2. The van der Waals surface area contributed by atoms with E-state index in [-0.39, 0.29) is 25.0 Å². The molecule has 0 saturated heterocycles. The van der Waals surface area contributed by atoms with Gasteiger partial charge in [0, 0.05) is 5.69 Å². The van der Waals surface area contributed by atoms with Crippen LogP contribution in [-0.4, -0.2) is 43.5 Å². The van der Waals surface area contributed by atoms with Crippen LogP contribution in [-0.2, 0) is 14.3 Å². The van der Waals surface area contributed by atoms with Crippen LogP contribution < -0.4 is 5.32 Å². The van der Waals surface area contributed by atoms with Gasteiger partial charge in [-0.05, 0) is 32.2 Å². The van der Waals surface area contributed by atoms with Crippen molar-refractivity contribution in [2.24, 2.45) is 0 Å². The third-order valence-electron chi connectivity index (χ3n) is 2.32. The summed E-state index contributed by atoms with van der Waals surface area (Å²) >= 11 is 11.6. The van der Waals surface area contributed by atoms with Gasteiger partial charge < -0.3 is 10.1 Å². The second-order valence-electron chi connectivity index (χ2n) is 4.15. The minimum absolute atomic E-state index is 0.0582. The maximum atomic E-state index is 11.8. The number of hydrogen-bond donors (Lipinski definition) is 1. The first kappa shape index (κ1) is 16.8. The van der Waals surface area contributed by atoms with Gasteiger partial charge in [-0.25, -0.2) is 0 Å². The first-order chi connectivity index (χ1) is 9.42.